The molecule has 0 aromatic heterocycles. The number of ether oxygens (including phenoxy) is 1. The number of carbonyl (C=O) groups is 1. The summed E-state index contributed by atoms with van der Waals surface area (Å²) in [5.41, 5.74) is 5.60. The molecule has 0 heterocycles. The number of carbonyl (C=O) groups excluding carboxylic acids is 1. The smallest absolute Gasteiger partial charge is 0.237 e. The van der Waals surface area contributed by atoms with Crippen molar-refractivity contribution in [1.29, 1.82) is 0 Å². The number of nitrogens with two attached hydrogens (primary N) is 1. The van der Waals surface area contributed by atoms with Crippen molar-refractivity contribution in [3.05, 3.63) is 29.3 Å². The Labute approximate surface area is 141 Å². The Balaban J connectivity index is 0.00000441. The van der Waals surface area contributed by atoms with Gasteiger partial charge in [0.25, 0.3) is 0 Å². The van der Waals surface area contributed by atoms with Gasteiger partial charge in [-0.3, -0.25) is 4.79 Å². The number of amides is 1. The van der Waals surface area contributed by atoms with E-state index in [-0.39, 0.29) is 37.7 Å². The molecule has 1 unspecified atom stereocenters. The molecule has 9 heteroatoms. The van der Waals surface area contributed by atoms with Crippen LogP contribution in [0.25, 0.3) is 0 Å². The Morgan fingerprint density at radius 3 is 2.73 bits per heavy atom. The predicted octanol–water partition coefficient (Wildman–Crippen LogP) is 1.02. The van der Waals surface area contributed by atoms with E-state index in [4.69, 9.17) is 22.1 Å². The van der Waals surface area contributed by atoms with E-state index >= 15 is 0 Å². The zero-order valence-corrected chi connectivity index (χ0v) is 14.5. The van der Waals surface area contributed by atoms with Crippen LogP contribution in [-0.4, -0.2) is 45.5 Å². The average Bonchev–Trinajstić information content (AvgIpc) is 2.40. The molecule has 3 N–H and O–H groups in total. The largest absolute Gasteiger partial charge is 0.492 e. The highest BCUT2D eigenvalue weighted by atomic mass is 35.5. The van der Waals surface area contributed by atoms with Gasteiger partial charge in [-0.05, 0) is 24.6 Å². The third-order valence-electron chi connectivity index (χ3n) is 2.60. The Bertz CT molecular complexity index is 581. The SMILES string of the molecule is CS(=O)(=O)CCC(N)C(=O)NCCOc1cccc(Cl)c1.Cl. The molecule has 0 fully saturated rings. The summed E-state index contributed by atoms with van der Waals surface area (Å²) in [6, 6.07) is 6.08. The molecule has 1 aromatic carbocycles. The van der Waals surface area contributed by atoms with Crippen molar-refractivity contribution in [3.63, 3.8) is 0 Å². The molecular formula is C13H20Cl2N2O4S. The molecule has 1 rings (SSSR count). The van der Waals surface area contributed by atoms with Crippen molar-refractivity contribution < 1.29 is 17.9 Å². The Morgan fingerprint density at radius 1 is 1.45 bits per heavy atom. The van der Waals surface area contributed by atoms with Gasteiger partial charge in [0.2, 0.25) is 5.91 Å². The maximum Gasteiger partial charge on any atom is 0.237 e. The lowest BCUT2D eigenvalue weighted by atomic mass is 10.2. The molecule has 0 saturated heterocycles. The fraction of sp³-hybridized carbons (Fsp3) is 0.462. The molecule has 0 spiro atoms. The molecule has 126 valence electrons. The molecule has 1 amide bonds. The average molecular weight is 371 g/mol. The van der Waals surface area contributed by atoms with Crippen LogP contribution in [0, 0.1) is 0 Å². The normalized spacial score (nSPS) is 12.1. The molecule has 0 aliphatic carbocycles. The fourth-order valence-electron chi connectivity index (χ4n) is 1.50. The van der Waals surface area contributed by atoms with Crippen LogP contribution in [0.2, 0.25) is 5.02 Å². The lowest BCUT2D eigenvalue weighted by Crippen LogP contribution is -2.42. The fourth-order valence-corrected chi connectivity index (χ4v) is 2.37. The van der Waals surface area contributed by atoms with Crippen molar-refractivity contribution in [3.8, 4) is 5.75 Å². The van der Waals surface area contributed by atoms with Crippen molar-refractivity contribution in [2.24, 2.45) is 5.73 Å². The summed E-state index contributed by atoms with van der Waals surface area (Å²) in [6.07, 6.45) is 1.20. The first kappa shape index (κ1) is 21.0. The van der Waals surface area contributed by atoms with Gasteiger partial charge < -0.3 is 15.8 Å². The summed E-state index contributed by atoms with van der Waals surface area (Å²) in [7, 11) is -3.12. The Hall–Kier alpha value is -1.02. The number of sulfone groups is 1. The lowest BCUT2D eigenvalue weighted by molar-refractivity contribution is -0.122. The zero-order valence-electron chi connectivity index (χ0n) is 12.1. The molecule has 6 nitrogen and oxygen atoms in total. The molecule has 0 aliphatic heterocycles. The van der Waals surface area contributed by atoms with Crippen LogP contribution in [0.5, 0.6) is 5.75 Å². The van der Waals surface area contributed by atoms with Crippen LogP contribution in [-0.2, 0) is 14.6 Å². The molecule has 0 saturated carbocycles. The second kappa shape index (κ2) is 9.89. The number of rotatable bonds is 8. The van der Waals surface area contributed by atoms with E-state index in [0.29, 0.717) is 10.8 Å². The van der Waals surface area contributed by atoms with Gasteiger partial charge >= 0.3 is 0 Å². The van der Waals surface area contributed by atoms with Gasteiger partial charge in [0, 0.05) is 11.3 Å². The van der Waals surface area contributed by atoms with E-state index in [1.165, 1.54) is 0 Å². The molecule has 1 atom stereocenters. The minimum Gasteiger partial charge on any atom is -0.492 e. The van der Waals surface area contributed by atoms with Gasteiger partial charge in [0.1, 0.15) is 22.2 Å². The third kappa shape index (κ3) is 9.09. The van der Waals surface area contributed by atoms with Crippen molar-refractivity contribution in [2.45, 2.75) is 12.5 Å². The highest BCUT2D eigenvalue weighted by Gasteiger charge is 2.15. The van der Waals surface area contributed by atoms with E-state index in [9.17, 15) is 13.2 Å². The second-order valence-electron chi connectivity index (χ2n) is 4.62. The van der Waals surface area contributed by atoms with Gasteiger partial charge in [-0.2, -0.15) is 0 Å². The van der Waals surface area contributed by atoms with Gasteiger partial charge in [0.15, 0.2) is 0 Å². The van der Waals surface area contributed by atoms with Crippen LogP contribution in [0.15, 0.2) is 24.3 Å². The van der Waals surface area contributed by atoms with E-state index in [0.717, 1.165) is 6.26 Å². The number of nitrogens with one attached hydrogen (secondary N) is 1. The van der Waals surface area contributed by atoms with Gasteiger partial charge in [-0.25, -0.2) is 8.42 Å². The molecule has 1 aromatic rings. The highest BCUT2D eigenvalue weighted by molar-refractivity contribution is 7.90. The van der Waals surface area contributed by atoms with Gasteiger partial charge in [-0.1, -0.05) is 17.7 Å². The standard InChI is InChI=1S/C13H19ClN2O4S.ClH/c1-21(18,19)8-5-12(15)13(17)16-6-7-20-11-4-2-3-10(14)9-11;/h2-4,9,12H,5-8,15H2,1H3,(H,16,17);1H. The number of halogens is 2. The summed E-state index contributed by atoms with van der Waals surface area (Å²) in [5, 5.41) is 3.16. The number of benzene rings is 1. The Kier molecular flexibility index (Phi) is 9.43. The van der Waals surface area contributed by atoms with Crippen LogP contribution in [0.3, 0.4) is 0 Å². The minimum absolute atomic E-state index is 0. The number of hydrogen-bond acceptors (Lipinski definition) is 5. The summed E-state index contributed by atoms with van der Waals surface area (Å²) in [6.45, 7) is 0.544. The molecule has 0 aliphatic rings. The predicted molar refractivity (Wildman–Crippen MR) is 89.5 cm³/mol. The summed E-state index contributed by atoms with van der Waals surface area (Å²) in [5.74, 6) is 0.104. The van der Waals surface area contributed by atoms with E-state index < -0.39 is 21.8 Å². The summed E-state index contributed by atoms with van der Waals surface area (Å²) in [4.78, 5) is 11.6. The first-order valence-electron chi connectivity index (χ1n) is 6.37. The zero-order chi connectivity index (χ0) is 15.9. The highest BCUT2D eigenvalue weighted by Crippen LogP contribution is 2.16. The minimum atomic E-state index is -3.12. The first-order chi connectivity index (χ1) is 9.78. The number of hydrogen-bond donors (Lipinski definition) is 2. The van der Waals surface area contributed by atoms with Crippen molar-refractivity contribution in [2.75, 3.05) is 25.2 Å². The van der Waals surface area contributed by atoms with Crippen molar-refractivity contribution >= 4 is 39.8 Å². The van der Waals surface area contributed by atoms with E-state index in [2.05, 4.69) is 5.32 Å². The third-order valence-corrected chi connectivity index (χ3v) is 3.81. The Morgan fingerprint density at radius 2 is 2.14 bits per heavy atom. The van der Waals surface area contributed by atoms with Crippen LogP contribution >= 0.6 is 24.0 Å². The van der Waals surface area contributed by atoms with Gasteiger partial charge in [0.05, 0.1) is 18.3 Å². The molecular weight excluding hydrogens is 351 g/mol. The quantitative estimate of drug-likeness (QED) is 0.665. The summed E-state index contributed by atoms with van der Waals surface area (Å²) < 4.78 is 27.4. The maximum atomic E-state index is 11.6. The van der Waals surface area contributed by atoms with E-state index in [1.54, 1.807) is 24.3 Å². The lowest BCUT2D eigenvalue weighted by Gasteiger charge is -2.12. The second-order valence-corrected chi connectivity index (χ2v) is 7.32. The van der Waals surface area contributed by atoms with Crippen LogP contribution in [0.4, 0.5) is 0 Å². The van der Waals surface area contributed by atoms with Crippen LogP contribution in [0.1, 0.15) is 6.42 Å². The topological polar surface area (TPSA) is 98.5 Å². The van der Waals surface area contributed by atoms with Crippen molar-refractivity contribution in [1.82, 2.24) is 5.32 Å². The van der Waals surface area contributed by atoms with Gasteiger partial charge in [-0.15, -0.1) is 12.4 Å². The van der Waals surface area contributed by atoms with Crippen LogP contribution < -0.4 is 15.8 Å². The first-order valence-corrected chi connectivity index (χ1v) is 8.81. The molecule has 0 radical (unpaired) electrons. The maximum absolute atomic E-state index is 11.6. The molecule has 0 bridgehead atoms. The monoisotopic (exact) mass is 370 g/mol. The van der Waals surface area contributed by atoms with E-state index in [1.807, 2.05) is 0 Å². The molecule has 22 heavy (non-hydrogen) atoms. The summed E-state index contributed by atoms with van der Waals surface area (Å²) >= 11 is 5.81.